The molecular weight excluding hydrogens is 216 g/mol. The molecule has 0 aromatic carbocycles. The number of imidazole rings is 1. The molecule has 5 nitrogen and oxygen atoms in total. The van der Waals surface area contributed by atoms with Gasteiger partial charge in [0.05, 0.1) is 6.04 Å². The Balaban J connectivity index is 1.80. The van der Waals surface area contributed by atoms with Crippen molar-refractivity contribution in [1.29, 1.82) is 0 Å². The molecule has 17 heavy (non-hydrogen) atoms. The number of hydrogen-bond acceptors (Lipinski definition) is 3. The summed E-state index contributed by atoms with van der Waals surface area (Å²) in [6, 6.07) is 0.713. The second-order valence-corrected chi connectivity index (χ2v) is 4.64. The number of likely N-dealkylation sites (tertiary alicyclic amines) is 1. The number of nitrogens with zero attached hydrogens (tertiary/aromatic N) is 2. The summed E-state index contributed by atoms with van der Waals surface area (Å²) in [5.41, 5.74) is 0. The van der Waals surface area contributed by atoms with Gasteiger partial charge in [-0.2, -0.15) is 0 Å². The van der Waals surface area contributed by atoms with Gasteiger partial charge in [-0.15, -0.1) is 0 Å². The zero-order valence-electron chi connectivity index (χ0n) is 10.4. The molecule has 1 aliphatic heterocycles. The first-order valence-corrected chi connectivity index (χ1v) is 6.17. The number of amides is 1. The third-order valence-electron chi connectivity index (χ3n) is 3.36. The van der Waals surface area contributed by atoms with Crippen LogP contribution in [0.3, 0.4) is 0 Å². The van der Waals surface area contributed by atoms with Crippen molar-refractivity contribution in [3.63, 3.8) is 0 Å². The van der Waals surface area contributed by atoms with Crippen LogP contribution in [0.2, 0.25) is 0 Å². The first-order chi connectivity index (χ1) is 8.16. The number of H-pyrrole nitrogens is 1. The minimum atomic E-state index is 0.183. The molecule has 1 unspecified atom stereocenters. The summed E-state index contributed by atoms with van der Waals surface area (Å²) in [4.78, 5) is 20.5. The summed E-state index contributed by atoms with van der Waals surface area (Å²) in [6.07, 6.45) is 5.65. The summed E-state index contributed by atoms with van der Waals surface area (Å²) in [5, 5.41) is 3.55. The Labute approximate surface area is 102 Å². The minimum Gasteiger partial charge on any atom is -0.347 e. The molecule has 94 valence electrons. The van der Waals surface area contributed by atoms with Gasteiger partial charge < -0.3 is 15.2 Å². The van der Waals surface area contributed by atoms with Crippen molar-refractivity contribution >= 4 is 5.91 Å². The summed E-state index contributed by atoms with van der Waals surface area (Å²) >= 11 is 0. The third-order valence-corrected chi connectivity index (χ3v) is 3.36. The molecule has 0 saturated carbocycles. The van der Waals surface area contributed by atoms with Gasteiger partial charge in [0.15, 0.2) is 0 Å². The van der Waals surface area contributed by atoms with E-state index in [0.717, 1.165) is 31.8 Å². The van der Waals surface area contributed by atoms with E-state index in [2.05, 4.69) is 22.2 Å². The Bertz CT molecular complexity index is 355. The highest BCUT2D eigenvalue weighted by Crippen LogP contribution is 2.14. The van der Waals surface area contributed by atoms with Crippen molar-refractivity contribution in [1.82, 2.24) is 20.2 Å². The molecule has 1 amide bonds. The minimum absolute atomic E-state index is 0.183. The molecule has 0 spiro atoms. The number of aromatic amines is 1. The average molecular weight is 236 g/mol. The largest absolute Gasteiger partial charge is 0.347 e. The fraction of sp³-hybridized carbons (Fsp3) is 0.667. The second kappa shape index (κ2) is 5.31. The highest BCUT2D eigenvalue weighted by Gasteiger charge is 2.22. The van der Waals surface area contributed by atoms with E-state index < -0.39 is 0 Å². The first kappa shape index (κ1) is 12.1. The zero-order chi connectivity index (χ0) is 12.3. The average Bonchev–Trinajstić information content (AvgIpc) is 2.83. The lowest BCUT2D eigenvalue weighted by atomic mass is 10.0. The number of carbonyl (C=O) groups excluding carboxylic acids is 1. The molecule has 1 aromatic heterocycles. The van der Waals surface area contributed by atoms with Gasteiger partial charge in [0, 0.05) is 38.4 Å². The van der Waals surface area contributed by atoms with Gasteiger partial charge in [0.25, 0.3) is 0 Å². The summed E-state index contributed by atoms with van der Waals surface area (Å²) in [6.45, 7) is 5.46. The molecule has 2 N–H and O–H groups in total. The maximum Gasteiger partial charge on any atom is 0.219 e. The first-order valence-electron chi connectivity index (χ1n) is 6.17. The van der Waals surface area contributed by atoms with Crippen molar-refractivity contribution in [2.45, 2.75) is 38.8 Å². The maximum absolute atomic E-state index is 11.2. The molecule has 0 bridgehead atoms. The van der Waals surface area contributed by atoms with Crippen LogP contribution >= 0.6 is 0 Å². The summed E-state index contributed by atoms with van der Waals surface area (Å²) in [7, 11) is 0. The number of nitrogens with one attached hydrogen (secondary N) is 2. The van der Waals surface area contributed by atoms with E-state index in [4.69, 9.17) is 0 Å². The predicted octanol–water partition coefficient (Wildman–Crippen LogP) is 1.07. The molecule has 1 fully saturated rings. The predicted molar refractivity (Wildman–Crippen MR) is 65.4 cm³/mol. The Morgan fingerprint density at radius 2 is 2.29 bits per heavy atom. The number of hydrogen-bond donors (Lipinski definition) is 2. The molecule has 1 aromatic rings. The van der Waals surface area contributed by atoms with Crippen LogP contribution in [-0.4, -0.2) is 39.9 Å². The molecule has 1 saturated heterocycles. The maximum atomic E-state index is 11.2. The lowest BCUT2D eigenvalue weighted by Crippen LogP contribution is -2.44. The van der Waals surface area contributed by atoms with E-state index in [1.54, 1.807) is 13.1 Å². The van der Waals surface area contributed by atoms with Crippen molar-refractivity contribution in [2.75, 3.05) is 13.1 Å². The van der Waals surface area contributed by atoms with Crippen molar-refractivity contribution in [3.8, 4) is 0 Å². The van der Waals surface area contributed by atoms with E-state index in [0.29, 0.717) is 6.04 Å². The molecular formula is C12H20N4O. The van der Waals surface area contributed by atoms with Gasteiger partial charge in [-0.3, -0.25) is 4.79 Å². The SMILES string of the molecule is CC(=O)N1CCC(NC(C)c2ncc[nH]2)CC1. The van der Waals surface area contributed by atoms with Gasteiger partial charge in [-0.1, -0.05) is 0 Å². The molecule has 5 heteroatoms. The third kappa shape index (κ3) is 3.06. The van der Waals surface area contributed by atoms with Gasteiger partial charge in [-0.25, -0.2) is 4.98 Å². The second-order valence-electron chi connectivity index (χ2n) is 4.64. The molecule has 2 rings (SSSR count). The molecule has 1 atom stereocenters. The van der Waals surface area contributed by atoms with E-state index >= 15 is 0 Å². The monoisotopic (exact) mass is 236 g/mol. The Morgan fingerprint density at radius 3 is 2.82 bits per heavy atom. The fourth-order valence-corrected chi connectivity index (χ4v) is 2.31. The highest BCUT2D eigenvalue weighted by atomic mass is 16.2. The normalized spacial score (nSPS) is 19.3. The Kier molecular flexibility index (Phi) is 3.78. The Hall–Kier alpha value is -1.36. The molecule has 2 heterocycles. The van der Waals surface area contributed by atoms with Crippen LogP contribution < -0.4 is 5.32 Å². The number of aromatic nitrogens is 2. The Morgan fingerprint density at radius 1 is 1.59 bits per heavy atom. The van der Waals surface area contributed by atoms with E-state index in [1.807, 2.05) is 11.1 Å². The number of rotatable bonds is 3. The van der Waals surface area contributed by atoms with Crippen LogP contribution in [0.25, 0.3) is 0 Å². The van der Waals surface area contributed by atoms with Crippen LogP contribution in [0, 0.1) is 0 Å². The fourth-order valence-electron chi connectivity index (χ4n) is 2.31. The number of piperidine rings is 1. The molecule has 0 radical (unpaired) electrons. The standard InChI is InChI=1S/C12H20N4O/c1-9(12-13-5-6-14-12)15-11-3-7-16(8-4-11)10(2)17/h5-6,9,11,15H,3-4,7-8H2,1-2H3,(H,13,14). The van der Waals surface area contributed by atoms with Crippen molar-refractivity contribution in [2.24, 2.45) is 0 Å². The van der Waals surface area contributed by atoms with Gasteiger partial charge in [-0.05, 0) is 19.8 Å². The summed E-state index contributed by atoms with van der Waals surface area (Å²) in [5.74, 6) is 1.15. The molecule has 0 aliphatic carbocycles. The lowest BCUT2D eigenvalue weighted by Gasteiger charge is -2.33. The van der Waals surface area contributed by atoms with E-state index in [9.17, 15) is 4.79 Å². The van der Waals surface area contributed by atoms with Crippen LogP contribution in [0.4, 0.5) is 0 Å². The van der Waals surface area contributed by atoms with Crippen molar-refractivity contribution in [3.05, 3.63) is 18.2 Å². The molecule has 1 aliphatic rings. The van der Waals surface area contributed by atoms with Gasteiger partial charge in [0.1, 0.15) is 5.82 Å². The smallest absolute Gasteiger partial charge is 0.219 e. The zero-order valence-corrected chi connectivity index (χ0v) is 10.4. The van der Waals surface area contributed by atoms with Crippen molar-refractivity contribution < 1.29 is 4.79 Å². The number of carbonyl (C=O) groups is 1. The van der Waals surface area contributed by atoms with Gasteiger partial charge >= 0.3 is 0 Å². The van der Waals surface area contributed by atoms with E-state index in [-0.39, 0.29) is 11.9 Å². The van der Waals surface area contributed by atoms with Crippen LogP contribution in [0.15, 0.2) is 12.4 Å². The topological polar surface area (TPSA) is 61.0 Å². The quantitative estimate of drug-likeness (QED) is 0.825. The lowest BCUT2D eigenvalue weighted by molar-refractivity contribution is -0.129. The van der Waals surface area contributed by atoms with Crippen LogP contribution in [-0.2, 0) is 4.79 Å². The van der Waals surface area contributed by atoms with Gasteiger partial charge in [0.2, 0.25) is 5.91 Å². The van der Waals surface area contributed by atoms with Crippen LogP contribution in [0.5, 0.6) is 0 Å². The van der Waals surface area contributed by atoms with Crippen LogP contribution in [0.1, 0.15) is 38.6 Å². The highest BCUT2D eigenvalue weighted by molar-refractivity contribution is 5.73. The summed E-state index contributed by atoms with van der Waals surface area (Å²) < 4.78 is 0. The van der Waals surface area contributed by atoms with E-state index in [1.165, 1.54) is 0 Å².